The second kappa shape index (κ2) is 7.56. The molecular formula is C17H9FI2N2O3S. The fourth-order valence-electron chi connectivity index (χ4n) is 2.36. The van der Waals surface area contributed by atoms with E-state index in [2.05, 4.69) is 27.9 Å². The number of benzene rings is 2. The number of thiocarbonyl (C=S) groups is 1. The number of amides is 2. The summed E-state index contributed by atoms with van der Waals surface area (Å²) in [7, 11) is 0. The highest BCUT2D eigenvalue weighted by Crippen LogP contribution is 2.30. The minimum Gasteiger partial charge on any atom is -0.506 e. The van der Waals surface area contributed by atoms with Crippen molar-refractivity contribution >= 4 is 86.1 Å². The molecule has 1 aliphatic rings. The molecule has 5 nitrogen and oxygen atoms in total. The third-order valence-electron chi connectivity index (χ3n) is 3.55. The molecule has 1 saturated heterocycles. The molecule has 2 amide bonds. The van der Waals surface area contributed by atoms with E-state index >= 15 is 0 Å². The van der Waals surface area contributed by atoms with Crippen LogP contribution in [0.4, 0.5) is 10.1 Å². The number of anilines is 1. The van der Waals surface area contributed by atoms with E-state index in [0.717, 1.165) is 8.47 Å². The van der Waals surface area contributed by atoms with E-state index in [1.807, 2.05) is 22.6 Å². The molecule has 2 aromatic rings. The number of nitrogens with zero attached hydrogens (tertiary/aromatic N) is 1. The quantitative estimate of drug-likeness (QED) is 0.242. The Labute approximate surface area is 180 Å². The van der Waals surface area contributed by atoms with Crippen LogP contribution in [-0.4, -0.2) is 22.0 Å². The zero-order valence-corrected chi connectivity index (χ0v) is 17.9. The van der Waals surface area contributed by atoms with Crippen LogP contribution in [0.3, 0.4) is 0 Å². The van der Waals surface area contributed by atoms with Gasteiger partial charge in [0.25, 0.3) is 11.8 Å². The van der Waals surface area contributed by atoms with Gasteiger partial charge in [0.15, 0.2) is 5.11 Å². The summed E-state index contributed by atoms with van der Waals surface area (Å²) in [5, 5.41) is 12.4. The molecule has 0 aliphatic carbocycles. The molecule has 0 unspecified atom stereocenters. The first-order valence-corrected chi connectivity index (χ1v) is 9.70. The molecular weight excluding hydrogens is 585 g/mol. The highest BCUT2D eigenvalue weighted by atomic mass is 127. The lowest BCUT2D eigenvalue weighted by Gasteiger charge is -2.29. The summed E-state index contributed by atoms with van der Waals surface area (Å²) in [5.41, 5.74) is -0.00843. The molecule has 0 aromatic heterocycles. The second-order valence-corrected chi connectivity index (χ2v) is 8.03. The van der Waals surface area contributed by atoms with Crippen LogP contribution in [0.5, 0.6) is 5.75 Å². The first-order valence-electron chi connectivity index (χ1n) is 7.13. The van der Waals surface area contributed by atoms with E-state index in [0.29, 0.717) is 9.13 Å². The molecule has 26 heavy (non-hydrogen) atoms. The molecule has 9 heteroatoms. The van der Waals surface area contributed by atoms with E-state index in [9.17, 15) is 19.1 Å². The predicted octanol–water partition coefficient (Wildman–Crippen LogP) is 3.57. The first-order chi connectivity index (χ1) is 12.3. The zero-order valence-electron chi connectivity index (χ0n) is 12.8. The molecule has 2 aromatic carbocycles. The van der Waals surface area contributed by atoms with Crippen molar-refractivity contribution in [3.05, 3.63) is 60.5 Å². The molecule has 0 atom stereocenters. The van der Waals surface area contributed by atoms with Crippen LogP contribution in [0.25, 0.3) is 6.08 Å². The van der Waals surface area contributed by atoms with Gasteiger partial charge >= 0.3 is 0 Å². The van der Waals surface area contributed by atoms with Crippen molar-refractivity contribution in [2.75, 3.05) is 4.90 Å². The van der Waals surface area contributed by atoms with Crippen LogP contribution in [-0.2, 0) is 9.59 Å². The molecule has 0 saturated carbocycles. The van der Waals surface area contributed by atoms with Gasteiger partial charge < -0.3 is 5.11 Å². The number of phenols is 1. The third-order valence-corrected chi connectivity index (χ3v) is 5.28. The Hall–Kier alpha value is -1.60. The van der Waals surface area contributed by atoms with Crippen molar-refractivity contribution in [2.45, 2.75) is 0 Å². The van der Waals surface area contributed by atoms with Crippen LogP contribution in [0, 0.1) is 13.0 Å². The Kier molecular flexibility index (Phi) is 5.58. The molecule has 1 aliphatic heterocycles. The molecule has 3 rings (SSSR count). The monoisotopic (exact) mass is 594 g/mol. The Morgan fingerprint density at radius 3 is 2.58 bits per heavy atom. The summed E-state index contributed by atoms with van der Waals surface area (Å²) < 4.78 is 15.5. The van der Waals surface area contributed by atoms with E-state index < -0.39 is 17.6 Å². The molecule has 1 fully saturated rings. The van der Waals surface area contributed by atoms with Gasteiger partial charge in [0.2, 0.25) is 0 Å². The highest BCUT2D eigenvalue weighted by molar-refractivity contribution is 14.1. The number of nitrogens with one attached hydrogen (secondary N) is 1. The predicted molar refractivity (Wildman–Crippen MR) is 116 cm³/mol. The first kappa shape index (κ1) is 19.2. The average Bonchev–Trinajstić information content (AvgIpc) is 2.57. The van der Waals surface area contributed by atoms with Gasteiger partial charge in [-0.25, -0.2) is 9.29 Å². The summed E-state index contributed by atoms with van der Waals surface area (Å²) in [6.07, 6.45) is 1.27. The van der Waals surface area contributed by atoms with Crippen molar-refractivity contribution in [2.24, 2.45) is 0 Å². The number of carbonyl (C=O) groups is 2. The van der Waals surface area contributed by atoms with Crippen molar-refractivity contribution in [1.82, 2.24) is 5.32 Å². The average molecular weight is 594 g/mol. The minimum absolute atomic E-state index is 0.0512. The Bertz CT molecular complexity index is 994. The summed E-state index contributed by atoms with van der Waals surface area (Å²) in [6.45, 7) is 0. The largest absolute Gasteiger partial charge is 0.506 e. The van der Waals surface area contributed by atoms with Gasteiger partial charge in [-0.15, -0.1) is 0 Å². The van der Waals surface area contributed by atoms with Crippen LogP contribution >= 0.6 is 57.4 Å². The van der Waals surface area contributed by atoms with Crippen molar-refractivity contribution in [3.63, 3.8) is 0 Å². The maximum atomic E-state index is 14.1. The molecule has 0 spiro atoms. The molecule has 2 N–H and O–H groups in total. The third kappa shape index (κ3) is 3.60. The SMILES string of the molecule is O=C1NC(=S)N(c2ccccc2F)C(=O)/C1=C/c1cc(I)cc(I)c1O. The van der Waals surface area contributed by atoms with Gasteiger partial charge in [0.1, 0.15) is 17.1 Å². The van der Waals surface area contributed by atoms with Gasteiger partial charge in [-0.3, -0.25) is 14.9 Å². The van der Waals surface area contributed by atoms with Crippen molar-refractivity contribution in [3.8, 4) is 5.75 Å². The number of hydrogen-bond acceptors (Lipinski definition) is 4. The van der Waals surface area contributed by atoms with Gasteiger partial charge in [-0.05, 0) is 87.7 Å². The lowest BCUT2D eigenvalue weighted by atomic mass is 10.1. The van der Waals surface area contributed by atoms with Gasteiger partial charge in [-0.2, -0.15) is 0 Å². The number of halogens is 3. The molecule has 1 heterocycles. The summed E-state index contributed by atoms with van der Waals surface area (Å²) in [6, 6.07) is 9.01. The Morgan fingerprint density at radius 2 is 1.88 bits per heavy atom. The zero-order chi connectivity index (χ0) is 19.0. The van der Waals surface area contributed by atoms with E-state index in [1.165, 1.54) is 24.3 Å². The number of carbonyl (C=O) groups excluding carboxylic acids is 2. The number of aromatic hydroxyl groups is 1. The Morgan fingerprint density at radius 1 is 1.19 bits per heavy atom. The van der Waals surface area contributed by atoms with Crippen LogP contribution < -0.4 is 10.2 Å². The normalized spacial score (nSPS) is 16.2. The topological polar surface area (TPSA) is 69.6 Å². The molecule has 132 valence electrons. The maximum absolute atomic E-state index is 14.1. The lowest BCUT2D eigenvalue weighted by Crippen LogP contribution is -2.54. The smallest absolute Gasteiger partial charge is 0.270 e. The minimum atomic E-state index is -0.767. The van der Waals surface area contributed by atoms with Crippen LogP contribution in [0.1, 0.15) is 5.56 Å². The Balaban J connectivity index is 2.11. The van der Waals surface area contributed by atoms with Crippen LogP contribution in [0.2, 0.25) is 0 Å². The summed E-state index contributed by atoms with van der Waals surface area (Å²) in [5.74, 6) is -2.17. The maximum Gasteiger partial charge on any atom is 0.270 e. The van der Waals surface area contributed by atoms with E-state index in [4.69, 9.17) is 12.2 Å². The number of rotatable bonds is 2. The number of para-hydroxylation sites is 1. The van der Waals surface area contributed by atoms with Crippen molar-refractivity contribution in [1.29, 1.82) is 0 Å². The fraction of sp³-hybridized carbons (Fsp3) is 0. The van der Waals surface area contributed by atoms with Gasteiger partial charge in [0, 0.05) is 9.13 Å². The number of phenolic OH excluding ortho intramolecular Hbond substituents is 1. The lowest BCUT2D eigenvalue weighted by molar-refractivity contribution is -0.122. The van der Waals surface area contributed by atoms with Crippen LogP contribution in [0.15, 0.2) is 42.0 Å². The molecule has 0 bridgehead atoms. The summed E-state index contributed by atoms with van der Waals surface area (Å²) >= 11 is 9.05. The highest BCUT2D eigenvalue weighted by Gasteiger charge is 2.35. The summed E-state index contributed by atoms with van der Waals surface area (Å²) in [4.78, 5) is 26.0. The number of hydrogen-bond donors (Lipinski definition) is 2. The van der Waals surface area contributed by atoms with E-state index in [-0.39, 0.29) is 22.1 Å². The van der Waals surface area contributed by atoms with E-state index in [1.54, 1.807) is 18.2 Å². The second-order valence-electron chi connectivity index (χ2n) is 5.23. The standard InChI is InChI=1S/C17H9FI2N2O3S/c18-11-3-1-2-4-13(11)22-16(25)10(15(24)21-17(22)26)6-8-5-9(19)7-12(20)14(8)23/h1-7,23H,(H,21,24,26)/b10-6+. The fourth-order valence-corrected chi connectivity index (χ4v) is 4.52. The van der Waals surface area contributed by atoms with Gasteiger partial charge in [-0.1, -0.05) is 12.1 Å². The molecule has 0 radical (unpaired) electrons. The van der Waals surface area contributed by atoms with Crippen molar-refractivity contribution < 1.29 is 19.1 Å². The van der Waals surface area contributed by atoms with Gasteiger partial charge in [0.05, 0.1) is 9.26 Å².